The molecule has 10 heteroatoms. The summed E-state index contributed by atoms with van der Waals surface area (Å²) in [5, 5.41) is 8.89. The van der Waals surface area contributed by atoms with Crippen LogP contribution in [-0.4, -0.2) is 44.5 Å². The molecule has 2 aromatic heterocycles. The lowest BCUT2D eigenvalue weighted by atomic mass is 10.1. The van der Waals surface area contributed by atoms with Crippen molar-refractivity contribution in [1.29, 1.82) is 0 Å². The van der Waals surface area contributed by atoms with Crippen molar-refractivity contribution in [1.82, 2.24) is 14.5 Å². The first-order valence-electron chi connectivity index (χ1n) is 8.80. The average molecular weight is 435 g/mol. The first-order chi connectivity index (χ1) is 13.8. The van der Waals surface area contributed by atoms with E-state index in [1.54, 1.807) is 27.2 Å². The number of methoxy groups -OCH3 is 1. The zero-order chi connectivity index (χ0) is 21.1. The number of fused-ring (bicyclic) bond motifs is 1. The number of H-pyrrole nitrogens is 1. The number of aromatic nitrogens is 3. The van der Waals surface area contributed by atoms with Gasteiger partial charge in [-0.1, -0.05) is 21.6 Å². The maximum atomic E-state index is 12.5. The highest BCUT2D eigenvalue weighted by atomic mass is 33.1. The molecule has 0 saturated carbocycles. The van der Waals surface area contributed by atoms with Crippen LogP contribution < -0.4 is 15.9 Å². The van der Waals surface area contributed by atoms with E-state index >= 15 is 0 Å². The molecule has 0 amide bonds. The Morgan fingerprint density at radius 2 is 2.14 bits per heavy atom. The predicted molar refractivity (Wildman–Crippen MR) is 117 cm³/mol. The number of carboxylic acids is 1. The molecule has 29 heavy (non-hydrogen) atoms. The molecule has 2 heterocycles. The van der Waals surface area contributed by atoms with Gasteiger partial charge in [-0.05, 0) is 26.0 Å². The van der Waals surface area contributed by atoms with Crippen LogP contribution in [0.4, 0.5) is 0 Å². The molecule has 0 aliphatic heterocycles. The zero-order valence-corrected chi connectivity index (χ0v) is 17.9. The van der Waals surface area contributed by atoms with Gasteiger partial charge in [0, 0.05) is 40.6 Å². The quantitative estimate of drug-likeness (QED) is 0.365. The highest BCUT2D eigenvalue weighted by Crippen LogP contribution is 2.29. The van der Waals surface area contributed by atoms with Crippen molar-refractivity contribution in [2.75, 3.05) is 12.9 Å². The summed E-state index contributed by atoms with van der Waals surface area (Å²) in [6.45, 7) is 3.57. The van der Waals surface area contributed by atoms with Gasteiger partial charge < -0.3 is 20.6 Å². The molecule has 1 unspecified atom stereocenters. The van der Waals surface area contributed by atoms with E-state index in [0.717, 1.165) is 22.5 Å². The average Bonchev–Trinajstić information content (AvgIpc) is 3.13. The number of nitrogens with one attached hydrogen (secondary N) is 1. The van der Waals surface area contributed by atoms with Gasteiger partial charge in [-0.25, -0.2) is 4.98 Å². The number of hydrogen-bond donors (Lipinski definition) is 3. The fourth-order valence-corrected chi connectivity index (χ4v) is 5.06. The number of rotatable bonds is 8. The molecular weight excluding hydrogens is 412 g/mol. The van der Waals surface area contributed by atoms with Gasteiger partial charge in [0.1, 0.15) is 11.8 Å². The summed E-state index contributed by atoms with van der Waals surface area (Å²) >= 11 is 0. The number of aromatic amines is 1. The van der Waals surface area contributed by atoms with Crippen molar-refractivity contribution < 1.29 is 14.6 Å². The molecule has 0 bridgehead atoms. The summed E-state index contributed by atoms with van der Waals surface area (Å²) in [5.74, 6) is 1.07. The topological polar surface area (TPSA) is 123 Å². The van der Waals surface area contributed by atoms with Crippen molar-refractivity contribution >= 4 is 38.6 Å². The standard InChI is InChI=1S/C19H22N4O4S2/c1-10-7-23(19-21-14-5-4-12(27-3)6-15(14)22-19)16(11(2)17(10)24)9-29-28-8-13(20)18(25)26/h4-7,13H,8-9,20H2,1-3H3,(H,21,22)(H,25,26). The molecule has 0 fully saturated rings. The van der Waals surface area contributed by atoms with E-state index in [4.69, 9.17) is 15.6 Å². The van der Waals surface area contributed by atoms with Crippen molar-refractivity contribution in [3.63, 3.8) is 0 Å². The van der Waals surface area contributed by atoms with Crippen LogP contribution in [0.15, 0.2) is 29.2 Å². The molecule has 0 radical (unpaired) electrons. The number of nitrogens with zero attached hydrogens (tertiary/aromatic N) is 2. The Bertz CT molecular complexity index is 1110. The summed E-state index contributed by atoms with van der Waals surface area (Å²) in [5.41, 5.74) is 9.20. The van der Waals surface area contributed by atoms with Gasteiger partial charge in [0.2, 0.25) is 5.95 Å². The minimum atomic E-state index is -1.03. The van der Waals surface area contributed by atoms with E-state index in [9.17, 15) is 9.59 Å². The van der Waals surface area contributed by atoms with Crippen LogP contribution in [0, 0.1) is 13.8 Å². The lowest BCUT2D eigenvalue weighted by molar-refractivity contribution is -0.137. The van der Waals surface area contributed by atoms with Crippen molar-refractivity contribution in [2.45, 2.75) is 25.6 Å². The van der Waals surface area contributed by atoms with Crippen LogP contribution in [0.25, 0.3) is 17.0 Å². The molecule has 0 aliphatic carbocycles. The fraction of sp³-hybridized carbons (Fsp3) is 0.316. The Kier molecular flexibility index (Phi) is 6.56. The van der Waals surface area contributed by atoms with Crippen LogP contribution in [0.2, 0.25) is 0 Å². The fourth-order valence-electron chi connectivity index (χ4n) is 2.81. The summed E-state index contributed by atoms with van der Waals surface area (Å²) in [7, 11) is 4.43. The minimum Gasteiger partial charge on any atom is -0.497 e. The van der Waals surface area contributed by atoms with Crippen molar-refractivity contribution in [3.8, 4) is 11.7 Å². The van der Waals surface area contributed by atoms with Gasteiger partial charge in [-0.2, -0.15) is 0 Å². The van der Waals surface area contributed by atoms with Gasteiger partial charge in [0.05, 0.1) is 18.1 Å². The lowest BCUT2D eigenvalue weighted by Gasteiger charge is -2.15. The lowest BCUT2D eigenvalue weighted by Crippen LogP contribution is -2.32. The second-order valence-corrected chi connectivity index (χ2v) is 9.03. The monoisotopic (exact) mass is 434 g/mol. The minimum absolute atomic E-state index is 0.0122. The molecule has 1 aromatic carbocycles. The number of carbonyl (C=O) groups is 1. The Hall–Kier alpha value is -2.43. The largest absolute Gasteiger partial charge is 0.497 e. The number of pyridine rings is 1. The molecule has 8 nitrogen and oxygen atoms in total. The Labute approximate surface area is 175 Å². The normalized spacial score (nSPS) is 12.3. The summed E-state index contributed by atoms with van der Waals surface area (Å²) in [6.07, 6.45) is 1.77. The van der Waals surface area contributed by atoms with E-state index in [0.29, 0.717) is 22.8 Å². The van der Waals surface area contributed by atoms with Crippen LogP contribution in [0.5, 0.6) is 5.75 Å². The van der Waals surface area contributed by atoms with Gasteiger partial charge in [0.25, 0.3) is 0 Å². The molecule has 0 aliphatic rings. The van der Waals surface area contributed by atoms with E-state index < -0.39 is 12.0 Å². The number of hydrogen-bond acceptors (Lipinski definition) is 7. The molecule has 1 atom stereocenters. The highest BCUT2D eigenvalue weighted by molar-refractivity contribution is 8.76. The molecular formula is C19H22N4O4S2. The number of imidazole rings is 1. The molecule has 3 rings (SSSR count). The van der Waals surface area contributed by atoms with Gasteiger partial charge >= 0.3 is 5.97 Å². The van der Waals surface area contributed by atoms with Crippen LogP contribution in [-0.2, 0) is 10.5 Å². The first-order valence-corrected chi connectivity index (χ1v) is 11.3. The van der Waals surface area contributed by atoms with E-state index in [1.807, 2.05) is 22.8 Å². The number of benzene rings is 1. The van der Waals surface area contributed by atoms with Crippen molar-refractivity contribution in [3.05, 3.63) is 51.4 Å². The number of nitrogens with two attached hydrogens (primary N) is 1. The first kappa shape index (κ1) is 21.3. The number of aliphatic carboxylic acids is 1. The Balaban J connectivity index is 1.94. The predicted octanol–water partition coefficient (Wildman–Crippen LogP) is 2.63. The maximum absolute atomic E-state index is 12.5. The van der Waals surface area contributed by atoms with Crippen LogP contribution in [0.3, 0.4) is 0 Å². The Morgan fingerprint density at radius 3 is 2.83 bits per heavy atom. The van der Waals surface area contributed by atoms with Crippen molar-refractivity contribution in [2.24, 2.45) is 5.73 Å². The second-order valence-electron chi connectivity index (χ2n) is 6.52. The SMILES string of the molecule is COc1ccc2nc(-n3cc(C)c(=O)c(C)c3CSSCC(N)C(=O)O)[nH]c2c1. The highest BCUT2D eigenvalue weighted by Gasteiger charge is 2.16. The van der Waals surface area contributed by atoms with E-state index in [1.165, 1.54) is 21.6 Å². The summed E-state index contributed by atoms with van der Waals surface area (Å²) in [6, 6.07) is 4.66. The molecule has 4 N–H and O–H groups in total. The third-order valence-corrected chi connectivity index (χ3v) is 6.81. The molecule has 154 valence electrons. The van der Waals surface area contributed by atoms with Gasteiger partial charge in [0.15, 0.2) is 5.43 Å². The van der Waals surface area contributed by atoms with Crippen LogP contribution >= 0.6 is 21.6 Å². The number of aryl methyl sites for hydroxylation is 1. The third kappa shape index (κ3) is 4.60. The zero-order valence-electron chi connectivity index (χ0n) is 16.3. The number of ether oxygens (including phenoxy) is 1. The molecule has 0 spiro atoms. The molecule has 0 saturated heterocycles. The third-order valence-electron chi connectivity index (χ3n) is 4.49. The maximum Gasteiger partial charge on any atom is 0.321 e. The smallest absolute Gasteiger partial charge is 0.321 e. The van der Waals surface area contributed by atoms with Crippen LogP contribution in [0.1, 0.15) is 16.8 Å². The summed E-state index contributed by atoms with van der Waals surface area (Å²) < 4.78 is 7.14. The molecule has 3 aromatic rings. The van der Waals surface area contributed by atoms with Gasteiger partial charge in [-0.3, -0.25) is 14.2 Å². The second kappa shape index (κ2) is 8.93. The Morgan fingerprint density at radius 1 is 1.38 bits per heavy atom. The summed E-state index contributed by atoms with van der Waals surface area (Å²) in [4.78, 5) is 31.3. The van der Waals surface area contributed by atoms with E-state index in [2.05, 4.69) is 9.97 Å². The van der Waals surface area contributed by atoms with E-state index in [-0.39, 0.29) is 11.2 Å². The number of carboxylic acid groups (broad SMARTS) is 1. The van der Waals surface area contributed by atoms with Gasteiger partial charge in [-0.15, -0.1) is 0 Å².